The molecule has 1 aromatic heterocycles. The van der Waals surface area contributed by atoms with E-state index < -0.39 is 11.4 Å². The fourth-order valence-corrected chi connectivity index (χ4v) is 3.95. The van der Waals surface area contributed by atoms with E-state index in [1.54, 1.807) is 29.0 Å². The van der Waals surface area contributed by atoms with E-state index in [2.05, 4.69) is 10.4 Å². The van der Waals surface area contributed by atoms with E-state index in [1.165, 1.54) is 12.1 Å². The quantitative estimate of drug-likeness (QED) is 0.838. The van der Waals surface area contributed by atoms with Crippen molar-refractivity contribution in [3.8, 4) is 0 Å². The summed E-state index contributed by atoms with van der Waals surface area (Å²) in [5, 5.41) is 7.24. The number of carbonyl (C=O) groups excluding carboxylic acids is 2. The Kier molecular flexibility index (Phi) is 4.13. The molecule has 0 saturated carbocycles. The number of para-hydroxylation sites is 1. The van der Waals surface area contributed by atoms with Crippen molar-refractivity contribution in [3.05, 3.63) is 41.8 Å². The second-order valence-electron chi connectivity index (χ2n) is 7.31. The Hall–Kier alpha value is -2.90. The molecule has 1 aromatic carbocycles. The Balaban J connectivity index is 1.50. The Morgan fingerprint density at radius 2 is 1.96 bits per heavy atom. The average Bonchev–Trinajstić information content (AvgIpc) is 3.05. The van der Waals surface area contributed by atoms with Gasteiger partial charge in [0.2, 0.25) is 5.91 Å². The van der Waals surface area contributed by atoms with Gasteiger partial charge in [0.1, 0.15) is 11.6 Å². The molecule has 0 atom stereocenters. The molecule has 4 rings (SSSR count). The molecule has 8 heteroatoms. The number of fused-ring (bicyclic) bond motifs is 2. The predicted octanol–water partition coefficient (Wildman–Crippen LogP) is 2.72. The summed E-state index contributed by atoms with van der Waals surface area (Å²) in [5.41, 5.74) is 0.634. The number of urea groups is 1. The van der Waals surface area contributed by atoms with E-state index in [0.29, 0.717) is 32.4 Å². The van der Waals surface area contributed by atoms with Gasteiger partial charge in [-0.15, -0.1) is 0 Å². The fraction of sp³-hybridized carbons (Fsp3) is 0.421. The van der Waals surface area contributed by atoms with Crippen molar-refractivity contribution in [1.29, 1.82) is 0 Å². The normalized spacial score (nSPS) is 18.6. The van der Waals surface area contributed by atoms with Crippen LogP contribution in [0.15, 0.2) is 30.3 Å². The summed E-state index contributed by atoms with van der Waals surface area (Å²) in [4.78, 5) is 28.3. The number of halogens is 1. The second-order valence-corrected chi connectivity index (χ2v) is 7.31. The molecule has 3 amide bonds. The van der Waals surface area contributed by atoms with Crippen molar-refractivity contribution in [2.45, 2.75) is 31.7 Å². The topological polar surface area (TPSA) is 70.5 Å². The van der Waals surface area contributed by atoms with Gasteiger partial charge in [-0.25, -0.2) is 13.9 Å². The van der Waals surface area contributed by atoms with Gasteiger partial charge >= 0.3 is 6.03 Å². The van der Waals surface area contributed by atoms with E-state index >= 15 is 0 Å². The number of likely N-dealkylation sites (tertiary alicyclic amines) is 1. The maximum atomic E-state index is 13.8. The lowest BCUT2D eigenvalue weighted by Gasteiger charge is -2.45. The van der Waals surface area contributed by atoms with Crippen molar-refractivity contribution in [2.75, 3.05) is 30.4 Å². The summed E-state index contributed by atoms with van der Waals surface area (Å²) in [5.74, 6) is 0.400. The summed E-state index contributed by atoms with van der Waals surface area (Å²) in [6, 6.07) is 7.69. The predicted molar refractivity (Wildman–Crippen MR) is 99.2 cm³/mol. The molecule has 0 radical (unpaired) electrons. The SMILES string of the molecule is Cc1cc2n(n1)C1(CCN(C(=O)Nc3ccccc3F)CC1)CC(=O)N2C. The maximum Gasteiger partial charge on any atom is 0.321 e. The lowest BCUT2D eigenvalue weighted by atomic mass is 9.83. The van der Waals surface area contributed by atoms with Crippen LogP contribution in [-0.2, 0) is 10.3 Å². The van der Waals surface area contributed by atoms with Crippen molar-refractivity contribution in [1.82, 2.24) is 14.7 Å². The molecule has 0 bridgehead atoms. The third-order valence-electron chi connectivity index (χ3n) is 5.56. The number of aromatic nitrogens is 2. The maximum absolute atomic E-state index is 13.8. The Labute approximate surface area is 156 Å². The van der Waals surface area contributed by atoms with Crippen LogP contribution in [0.1, 0.15) is 25.0 Å². The van der Waals surface area contributed by atoms with Crippen molar-refractivity contribution >= 4 is 23.4 Å². The first kappa shape index (κ1) is 17.5. The molecule has 0 aliphatic carbocycles. The lowest BCUT2D eigenvalue weighted by molar-refractivity contribution is -0.122. The number of anilines is 2. The Bertz CT molecular complexity index is 901. The van der Waals surface area contributed by atoms with Gasteiger partial charge in [0.25, 0.3) is 0 Å². The number of nitrogens with one attached hydrogen (secondary N) is 1. The molecule has 1 spiro atoms. The zero-order valence-corrected chi connectivity index (χ0v) is 15.4. The molecule has 3 heterocycles. The monoisotopic (exact) mass is 371 g/mol. The fourth-order valence-electron chi connectivity index (χ4n) is 3.95. The molecule has 7 nitrogen and oxygen atoms in total. The molecular weight excluding hydrogens is 349 g/mol. The molecule has 27 heavy (non-hydrogen) atoms. The van der Waals surface area contributed by atoms with Gasteiger partial charge in [-0.3, -0.25) is 4.79 Å². The van der Waals surface area contributed by atoms with Gasteiger partial charge < -0.3 is 15.1 Å². The molecule has 1 fully saturated rings. The second kappa shape index (κ2) is 6.37. The number of hydrogen-bond acceptors (Lipinski definition) is 3. The van der Waals surface area contributed by atoms with Crippen LogP contribution in [0.5, 0.6) is 0 Å². The Morgan fingerprint density at radius 1 is 1.26 bits per heavy atom. The van der Waals surface area contributed by atoms with Crippen LogP contribution in [-0.4, -0.2) is 46.8 Å². The summed E-state index contributed by atoms with van der Waals surface area (Å²) in [7, 11) is 1.76. The van der Waals surface area contributed by atoms with E-state index in [4.69, 9.17) is 0 Å². The number of carbonyl (C=O) groups is 2. The first-order chi connectivity index (χ1) is 12.9. The molecule has 142 valence electrons. The van der Waals surface area contributed by atoms with Crippen LogP contribution in [0.4, 0.5) is 20.7 Å². The highest BCUT2D eigenvalue weighted by atomic mass is 19.1. The summed E-state index contributed by atoms with van der Waals surface area (Å²) in [6.07, 6.45) is 1.64. The molecule has 2 aliphatic rings. The largest absolute Gasteiger partial charge is 0.324 e. The van der Waals surface area contributed by atoms with Crippen molar-refractivity contribution in [3.63, 3.8) is 0 Å². The first-order valence-corrected chi connectivity index (χ1v) is 9.04. The average molecular weight is 371 g/mol. The highest BCUT2D eigenvalue weighted by Gasteiger charge is 2.45. The van der Waals surface area contributed by atoms with E-state index in [-0.39, 0.29) is 17.6 Å². The number of nitrogens with zero attached hydrogens (tertiary/aromatic N) is 4. The van der Waals surface area contributed by atoms with Crippen LogP contribution < -0.4 is 10.2 Å². The smallest absolute Gasteiger partial charge is 0.321 e. The number of benzene rings is 1. The molecule has 0 unspecified atom stereocenters. The Morgan fingerprint density at radius 3 is 2.67 bits per heavy atom. The zero-order valence-electron chi connectivity index (χ0n) is 15.4. The van der Waals surface area contributed by atoms with Crippen LogP contribution >= 0.6 is 0 Å². The van der Waals surface area contributed by atoms with Gasteiger partial charge in [0, 0.05) is 26.2 Å². The summed E-state index contributed by atoms with van der Waals surface area (Å²) < 4.78 is 15.7. The number of rotatable bonds is 1. The minimum atomic E-state index is -0.461. The van der Waals surface area contributed by atoms with Crippen LogP contribution in [0.3, 0.4) is 0 Å². The minimum absolute atomic E-state index is 0.0617. The van der Waals surface area contributed by atoms with Crippen molar-refractivity contribution < 1.29 is 14.0 Å². The number of aryl methyl sites for hydroxylation is 1. The standard InChI is InChI=1S/C19H22FN5O2/c1-13-11-16-23(2)17(26)12-19(25(16)22-13)7-9-24(10-8-19)18(27)21-15-6-4-3-5-14(15)20/h3-6,11H,7-10,12H2,1-2H3,(H,21,27). The third-order valence-corrected chi connectivity index (χ3v) is 5.56. The van der Waals surface area contributed by atoms with Gasteiger partial charge in [0.15, 0.2) is 0 Å². The van der Waals surface area contributed by atoms with Crippen LogP contribution in [0.25, 0.3) is 0 Å². The van der Waals surface area contributed by atoms with E-state index in [0.717, 1.165) is 11.5 Å². The van der Waals surface area contributed by atoms with Crippen molar-refractivity contribution in [2.24, 2.45) is 0 Å². The summed E-state index contributed by atoms with van der Waals surface area (Å²) in [6.45, 7) is 2.87. The highest BCUT2D eigenvalue weighted by molar-refractivity contribution is 5.94. The van der Waals surface area contributed by atoms with Gasteiger partial charge in [-0.2, -0.15) is 5.10 Å². The molecule has 1 saturated heterocycles. The number of amides is 3. The number of piperidine rings is 1. The molecular formula is C19H22FN5O2. The van der Waals surface area contributed by atoms with Gasteiger partial charge in [0.05, 0.1) is 23.3 Å². The minimum Gasteiger partial charge on any atom is -0.324 e. The van der Waals surface area contributed by atoms with Gasteiger partial charge in [-0.05, 0) is 31.9 Å². The molecule has 2 aliphatic heterocycles. The first-order valence-electron chi connectivity index (χ1n) is 9.04. The van der Waals surface area contributed by atoms with Crippen LogP contribution in [0, 0.1) is 12.7 Å². The molecule has 2 aromatic rings. The molecule has 1 N–H and O–H groups in total. The van der Waals surface area contributed by atoms with Gasteiger partial charge in [-0.1, -0.05) is 12.1 Å². The van der Waals surface area contributed by atoms with E-state index in [9.17, 15) is 14.0 Å². The third kappa shape index (κ3) is 2.94. The van der Waals surface area contributed by atoms with E-state index in [1.807, 2.05) is 17.7 Å². The number of hydrogen-bond donors (Lipinski definition) is 1. The summed E-state index contributed by atoms with van der Waals surface area (Å²) >= 11 is 0. The van der Waals surface area contributed by atoms with Crippen LogP contribution in [0.2, 0.25) is 0 Å². The lowest BCUT2D eigenvalue weighted by Crippen LogP contribution is -2.54. The zero-order chi connectivity index (χ0) is 19.2. The highest BCUT2D eigenvalue weighted by Crippen LogP contribution is 2.41.